The van der Waals surface area contributed by atoms with Gasteiger partial charge in [0.1, 0.15) is 0 Å². The highest BCUT2D eigenvalue weighted by molar-refractivity contribution is 5.79. The first-order valence-corrected chi connectivity index (χ1v) is 9.11. The summed E-state index contributed by atoms with van der Waals surface area (Å²) in [4.78, 5) is 17.2. The molecular weight excluding hydrogens is 312 g/mol. The molecule has 25 heavy (non-hydrogen) atoms. The van der Waals surface area contributed by atoms with Gasteiger partial charge in [-0.15, -0.1) is 5.10 Å². The largest absolute Gasteiger partial charge is 0.355 e. The maximum Gasteiger partial charge on any atom is 0.226 e. The molecule has 0 saturated carbocycles. The third-order valence-electron chi connectivity index (χ3n) is 5.39. The summed E-state index contributed by atoms with van der Waals surface area (Å²) >= 11 is 0. The Hall–Kier alpha value is -2.43. The third kappa shape index (κ3) is 3.36. The van der Waals surface area contributed by atoms with Crippen molar-refractivity contribution in [1.82, 2.24) is 15.1 Å². The smallest absolute Gasteiger partial charge is 0.226 e. The van der Waals surface area contributed by atoms with E-state index in [0.29, 0.717) is 5.91 Å². The normalized spacial score (nSPS) is 18.1. The number of hydrogen-bond donors (Lipinski definition) is 0. The Morgan fingerprint density at radius 2 is 1.76 bits per heavy atom. The van der Waals surface area contributed by atoms with Gasteiger partial charge in [0.05, 0.1) is 5.69 Å². The van der Waals surface area contributed by atoms with Crippen molar-refractivity contribution in [1.29, 1.82) is 0 Å². The number of amides is 1. The van der Waals surface area contributed by atoms with E-state index >= 15 is 0 Å². The average Bonchev–Trinajstić information content (AvgIpc) is 2.68. The molecular formula is C20H24N4O. The van der Waals surface area contributed by atoms with Gasteiger partial charge in [-0.1, -0.05) is 24.3 Å². The van der Waals surface area contributed by atoms with Crippen LogP contribution in [0.3, 0.4) is 0 Å². The molecule has 1 aromatic carbocycles. The number of aromatic nitrogens is 2. The molecule has 2 aromatic rings. The number of aryl methyl sites for hydroxylation is 1. The summed E-state index contributed by atoms with van der Waals surface area (Å²) in [5.41, 5.74) is 3.62. The van der Waals surface area contributed by atoms with Crippen molar-refractivity contribution >= 4 is 11.7 Å². The zero-order valence-electron chi connectivity index (χ0n) is 14.7. The Kier molecular flexibility index (Phi) is 4.38. The van der Waals surface area contributed by atoms with Gasteiger partial charge in [-0.05, 0) is 49.4 Å². The SMILES string of the molecule is Cc1ccc(N2CCC(C(=O)N3CCc4ccccc4C3)CC2)nn1. The van der Waals surface area contributed by atoms with Crippen LogP contribution in [0.15, 0.2) is 36.4 Å². The fourth-order valence-corrected chi connectivity index (χ4v) is 3.86. The van der Waals surface area contributed by atoms with Gasteiger partial charge in [0.2, 0.25) is 5.91 Å². The van der Waals surface area contributed by atoms with Crippen molar-refractivity contribution in [2.75, 3.05) is 24.5 Å². The quantitative estimate of drug-likeness (QED) is 0.846. The molecule has 0 bridgehead atoms. The lowest BCUT2D eigenvalue weighted by Gasteiger charge is -2.36. The van der Waals surface area contributed by atoms with Gasteiger partial charge in [0.25, 0.3) is 0 Å². The number of carbonyl (C=O) groups excluding carboxylic acids is 1. The maximum absolute atomic E-state index is 12.9. The molecule has 0 radical (unpaired) electrons. The summed E-state index contributed by atoms with van der Waals surface area (Å²) in [7, 11) is 0. The van der Waals surface area contributed by atoms with Crippen LogP contribution in [0, 0.1) is 12.8 Å². The van der Waals surface area contributed by atoms with Gasteiger partial charge >= 0.3 is 0 Å². The van der Waals surface area contributed by atoms with E-state index in [2.05, 4.69) is 39.4 Å². The van der Waals surface area contributed by atoms with Gasteiger partial charge < -0.3 is 9.80 Å². The van der Waals surface area contributed by atoms with Crippen molar-refractivity contribution < 1.29 is 4.79 Å². The van der Waals surface area contributed by atoms with Gasteiger partial charge in [-0.2, -0.15) is 5.10 Å². The summed E-state index contributed by atoms with van der Waals surface area (Å²) in [6.07, 6.45) is 2.76. The number of piperidine rings is 1. The van der Waals surface area contributed by atoms with Crippen molar-refractivity contribution in [2.45, 2.75) is 32.7 Å². The standard InChI is InChI=1S/C20H24N4O/c1-15-6-7-19(22-21-15)23-11-9-17(10-12-23)20(25)24-13-8-16-4-2-3-5-18(16)14-24/h2-7,17H,8-14H2,1H3. The van der Waals surface area contributed by atoms with Crippen LogP contribution in [0.2, 0.25) is 0 Å². The van der Waals surface area contributed by atoms with E-state index < -0.39 is 0 Å². The average molecular weight is 336 g/mol. The number of rotatable bonds is 2. The zero-order valence-corrected chi connectivity index (χ0v) is 14.7. The van der Waals surface area contributed by atoms with Crippen molar-refractivity contribution in [3.8, 4) is 0 Å². The summed E-state index contributed by atoms with van der Waals surface area (Å²) in [6.45, 7) is 5.30. The molecule has 130 valence electrons. The number of nitrogens with zero attached hydrogens (tertiary/aromatic N) is 4. The molecule has 5 heteroatoms. The second-order valence-electron chi connectivity index (χ2n) is 7.07. The van der Waals surface area contributed by atoms with Crippen LogP contribution in [0.25, 0.3) is 0 Å². The molecule has 5 nitrogen and oxygen atoms in total. The molecule has 0 unspecified atom stereocenters. The maximum atomic E-state index is 12.9. The fraction of sp³-hybridized carbons (Fsp3) is 0.450. The number of carbonyl (C=O) groups is 1. The van der Waals surface area contributed by atoms with Crippen molar-refractivity contribution in [3.05, 3.63) is 53.2 Å². The van der Waals surface area contributed by atoms with Crippen LogP contribution in [-0.4, -0.2) is 40.6 Å². The summed E-state index contributed by atoms with van der Waals surface area (Å²) < 4.78 is 0. The molecule has 0 atom stereocenters. The number of anilines is 1. The van der Waals surface area contributed by atoms with Crippen LogP contribution in [0.5, 0.6) is 0 Å². The molecule has 0 N–H and O–H groups in total. The molecule has 2 aliphatic rings. The molecule has 2 aliphatic heterocycles. The minimum absolute atomic E-state index is 0.139. The predicted octanol–water partition coefficient (Wildman–Crippen LogP) is 2.59. The van der Waals surface area contributed by atoms with E-state index in [1.807, 2.05) is 24.0 Å². The van der Waals surface area contributed by atoms with Crippen molar-refractivity contribution in [2.24, 2.45) is 5.92 Å². The van der Waals surface area contributed by atoms with E-state index in [0.717, 1.165) is 57.0 Å². The lowest BCUT2D eigenvalue weighted by molar-refractivity contribution is -0.137. The Balaban J connectivity index is 1.36. The van der Waals surface area contributed by atoms with E-state index in [1.165, 1.54) is 11.1 Å². The van der Waals surface area contributed by atoms with Crippen LogP contribution >= 0.6 is 0 Å². The van der Waals surface area contributed by atoms with Crippen LogP contribution in [0.1, 0.15) is 29.7 Å². The second-order valence-corrected chi connectivity index (χ2v) is 7.07. The zero-order chi connectivity index (χ0) is 17.2. The lowest BCUT2D eigenvalue weighted by Crippen LogP contribution is -2.44. The van der Waals surface area contributed by atoms with Gasteiger partial charge in [0, 0.05) is 32.1 Å². The highest BCUT2D eigenvalue weighted by Crippen LogP contribution is 2.26. The van der Waals surface area contributed by atoms with Crippen LogP contribution in [0.4, 0.5) is 5.82 Å². The minimum Gasteiger partial charge on any atom is -0.355 e. The summed E-state index contributed by atoms with van der Waals surface area (Å²) in [6, 6.07) is 12.5. The van der Waals surface area contributed by atoms with E-state index in [-0.39, 0.29) is 5.92 Å². The number of fused-ring (bicyclic) bond motifs is 1. The van der Waals surface area contributed by atoms with E-state index in [9.17, 15) is 4.79 Å². The first-order valence-electron chi connectivity index (χ1n) is 9.11. The molecule has 1 saturated heterocycles. The lowest BCUT2D eigenvalue weighted by atomic mass is 9.93. The number of hydrogen-bond acceptors (Lipinski definition) is 4. The van der Waals surface area contributed by atoms with Gasteiger partial charge in [0.15, 0.2) is 5.82 Å². The first-order chi connectivity index (χ1) is 12.2. The highest BCUT2D eigenvalue weighted by Gasteiger charge is 2.30. The van der Waals surface area contributed by atoms with E-state index in [4.69, 9.17) is 0 Å². The van der Waals surface area contributed by atoms with Gasteiger partial charge in [-0.3, -0.25) is 4.79 Å². The molecule has 4 rings (SSSR count). The third-order valence-corrected chi connectivity index (χ3v) is 5.39. The first kappa shape index (κ1) is 16.1. The summed E-state index contributed by atoms with van der Waals surface area (Å²) in [5.74, 6) is 1.38. The van der Waals surface area contributed by atoms with Crippen LogP contribution < -0.4 is 4.90 Å². The summed E-state index contributed by atoms with van der Waals surface area (Å²) in [5, 5.41) is 8.40. The second kappa shape index (κ2) is 6.82. The minimum atomic E-state index is 0.139. The highest BCUT2D eigenvalue weighted by atomic mass is 16.2. The number of benzene rings is 1. The van der Waals surface area contributed by atoms with Crippen molar-refractivity contribution in [3.63, 3.8) is 0 Å². The Bertz CT molecular complexity index is 751. The topological polar surface area (TPSA) is 49.3 Å². The Morgan fingerprint density at radius 1 is 1.00 bits per heavy atom. The Labute approximate surface area is 148 Å². The molecule has 1 amide bonds. The van der Waals surface area contributed by atoms with Crippen LogP contribution in [-0.2, 0) is 17.8 Å². The molecule has 0 spiro atoms. The monoisotopic (exact) mass is 336 g/mol. The molecule has 1 aromatic heterocycles. The molecule has 1 fully saturated rings. The molecule has 3 heterocycles. The molecule has 0 aliphatic carbocycles. The Morgan fingerprint density at radius 3 is 2.48 bits per heavy atom. The predicted molar refractivity (Wildman–Crippen MR) is 97.3 cm³/mol. The van der Waals surface area contributed by atoms with E-state index in [1.54, 1.807) is 0 Å². The van der Waals surface area contributed by atoms with Gasteiger partial charge in [-0.25, -0.2) is 0 Å². The fourth-order valence-electron chi connectivity index (χ4n) is 3.86.